The molecule has 0 saturated carbocycles. The van der Waals surface area contributed by atoms with E-state index in [2.05, 4.69) is 0 Å². The molecule has 4 aromatic carbocycles. The molecule has 0 aliphatic heterocycles. The van der Waals surface area contributed by atoms with E-state index in [9.17, 15) is 19.8 Å². The molecular weight excluding hydrogens is 536 g/mol. The number of carboxylic acids is 2. The van der Waals surface area contributed by atoms with Crippen molar-refractivity contribution >= 4 is 24.1 Å². The van der Waals surface area contributed by atoms with Gasteiger partial charge >= 0.3 is 11.9 Å². The van der Waals surface area contributed by atoms with Crippen LogP contribution >= 0.6 is 0 Å². The van der Waals surface area contributed by atoms with Crippen LogP contribution in [-0.4, -0.2) is 36.4 Å². The average molecular weight is 567 g/mol. The Hall–Kier alpha value is -5.50. The van der Waals surface area contributed by atoms with Crippen molar-refractivity contribution < 1.29 is 38.7 Å². The Bertz CT molecular complexity index is 1470. The molecular formula is C34H30O8. The molecule has 0 spiro atoms. The van der Waals surface area contributed by atoms with E-state index >= 15 is 0 Å². The predicted octanol–water partition coefficient (Wildman–Crippen LogP) is 6.50. The number of carboxylic acid groups (broad SMARTS) is 2. The minimum atomic E-state index is -1.40. The lowest BCUT2D eigenvalue weighted by atomic mass is 10.00. The second kappa shape index (κ2) is 14.2. The van der Waals surface area contributed by atoms with Crippen molar-refractivity contribution in [1.82, 2.24) is 0 Å². The first-order valence-electron chi connectivity index (χ1n) is 13.0. The third kappa shape index (κ3) is 7.79. The summed E-state index contributed by atoms with van der Waals surface area (Å²) in [6.45, 7) is 0.635. The fourth-order valence-electron chi connectivity index (χ4n) is 4.10. The molecule has 2 N–H and O–H groups in total. The molecule has 214 valence electrons. The van der Waals surface area contributed by atoms with Crippen LogP contribution in [0.1, 0.15) is 22.3 Å². The predicted molar refractivity (Wildman–Crippen MR) is 159 cm³/mol. The number of hydrogen-bond donors (Lipinski definition) is 2. The topological polar surface area (TPSA) is 112 Å². The molecule has 42 heavy (non-hydrogen) atoms. The zero-order valence-corrected chi connectivity index (χ0v) is 23.2. The van der Waals surface area contributed by atoms with Crippen LogP contribution in [0.2, 0.25) is 0 Å². The first-order chi connectivity index (χ1) is 20.4. The molecule has 4 rings (SSSR count). The lowest BCUT2D eigenvalue weighted by Gasteiger charge is -2.13. The second-order valence-corrected chi connectivity index (χ2v) is 9.10. The minimum absolute atomic E-state index is 0.318. The van der Waals surface area contributed by atoms with Gasteiger partial charge in [0, 0.05) is 0 Å². The standard InChI is InChI=1S/C34H30O8/c1-39-31-19-25(13-15-29(31)41-21-23-9-5-3-6-10-23)17-27(33(35)36)28(34(37)38)18-26-14-16-30(32(20-26)40-2)42-22-24-11-7-4-8-12-24/h3-20H,21-22H2,1-2H3,(H,35,36)(H,37,38)/b27-17+,28-18+. The van der Waals surface area contributed by atoms with Crippen molar-refractivity contribution in [3.63, 3.8) is 0 Å². The number of carbonyl (C=O) groups is 2. The van der Waals surface area contributed by atoms with Crippen LogP contribution in [0.15, 0.2) is 108 Å². The summed E-state index contributed by atoms with van der Waals surface area (Å²) in [4.78, 5) is 24.5. The molecule has 0 unspecified atom stereocenters. The van der Waals surface area contributed by atoms with Crippen LogP contribution < -0.4 is 18.9 Å². The van der Waals surface area contributed by atoms with E-state index in [1.54, 1.807) is 36.4 Å². The van der Waals surface area contributed by atoms with Gasteiger partial charge in [0.25, 0.3) is 0 Å². The van der Waals surface area contributed by atoms with Crippen molar-refractivity contribution in [3.05, 3.63) is 130 Å². The summed E-state index contributed by atoms with van der Waals surface area (Å²) < 4.78 is 22.6. The van der Waals surface area contributed by atoms with Gasteiger partial charge in [0.05, 0.1) is 25.4 Å². The van der Waals surface area contributed by atoms with E-state index in [0.29, 0.717) is 47.3 Å². The molecule has 8 nitrogen and oxygen atoms in total. The van der Waals surface area contributed by atoms with E-state index in [1.807, 2.05) is 60.7 Å². The SMILES string of the molecule is COc1cc(/C=C(C(=O)O)\C(=C/c2ccc(OCc3ccccc3)c(OC)c2)C(=O)O)ccc1OCc1ccccc1. The van der Waals surface area contributed by atoms with Crippen molar-refractivity contribution in [2.24, 2.45) is 0 Å². The Morgan fingerprint density at radius 2 is 0.952 bits per heavy atom. The first-order valence-corrected chi connectivity index (χ1v) is 13.0. The number of methoxy groups -OCH3 is 2. The number of rotatable bonds is 13. The molecule has 0 amide bonds. The van der Waals surface area contributed by atoms with Gasteiger partial charge in [0.2, 0.25) is 0 Å². The molecule has 0 aliphatic carbocycles. The van der Waals surface area contributed by atoms with Gasteiger partial charge in [0.1, 0.15) is 13.2 Å². The maximum absolute atomic E-state index is 12.2. The van der Waals surface area contributed by atoms with Crippen molar-refractivity contribution in [3.8, 4) is 23.0 Å². The summed E-state index contributed by atoms with van der Waals surface area (Å²) >= 11 is 0. The van der Waals surface area contributed by atoms with Crippen LogP contribution in [0.5, 0.6) is 23.0 Å². The fraction of sp³-hybridized carbons (Fsp3) is 0.118. The zero-order chi connectivity index (χ0) is 29.9. The van der Waals surface area contributed by atoms with Gasteiger partial charge in [0.15, 0.2) is 23.0 Å². The summed E-state index contributed by atoms with van der Waals surface area (Å²) in [7, 11) is 2.94. The quantitative estimate of drug-likeness (QED) is 0.139. The second-order valence-electron chi connectivity index (χ2n) is 9.10. The Balaban J connectivity index is 1.60. The lowest BCUT2D eigenvalue weighted by Crippen LogP contribution is -2.11. The molecule has 0 atom stereocenters. The molecule has 8 heteroatoms. The van der Waals surface area contributed by atoms with Crippen molar-refractivity contribution in [2.75, 3.05) is 14.2 Å². The van der Waals surface area contributed by atoms with E-state index in [-0.39, 0.29) is 0 Å². The normalized spacial score (nSPS) is 11.5. The smallest absolute Gasteiger partial charge is 0.336 e. The summed E-state index contributed by atoms with van der Waals surface area (Å²) in [5.74, 6) is -1.12. The van der Waals surface area contributed by atoms with Gasteiger partial charge in [-0.05, 0) is 58.7 Å². The molecule has 0 bridgehead atoms. The van der Waals surface area contributed by atoms with Gasteiger partial charge in [-0.25, -0.2) is 9.59 Å². The molecule has 0 fully saturated rings. The maximum Gasteiger partial charge on any atom is 0.336 e. The fourth-order valence-corrected chi connectivity index (χ4v) is 4.10. The first kappa shape index (κ1) is 29.5. The van der Waals surface area contributed by atoms with Gasteiger partial charge in [-0.2, -0.15) is 0 Å². The molecule has 0 radical (unpaired) electrons. The molecule has 0 aliphatic rings. The molecule has 0 aromatic heterocycles. The Morgan fingerprint density at radius 3 is 1.29 bits per heavy atom. The summed E-state index contributed by atoms with van der Waals surface area (Å²) in [5.41, 5.74) is 1.97. The molecule has 0 heterocycles. The third-order valence-corrected chi connectivity index (χ3v) is 6.22. The maximum atomic E-state index is 12.2. The van der Waals surface area contributed by atoms with Crippen LogP contribution in [0.3, 0.4) is 0 Å². The lowest BCUT2D eigenvalue weighted by molar-refractivity contribution is -0.136. The van der Waals surface area contributed by atoms with E-state index in [1.165, 1.54) is 26.4 Å². The van der Waals surface area contributed by atoms with Crippen LogP contribution in [0.25, 0.3) is 12.2 Å². The van der Waals surface area contributed by atoms with Crippen LogP contribution in [0.4, 0.5) is 0 Å². The summed E-state index contributed by atoms with van der Waals surface area (Å²) in [6, 6.07) is 29.0. The van der Waals surface area contributed by atoms with Crippen LogP contribution in [0, 0.1) is 0 Å². The highest BCUT2D eigenvalue weighted by Crippen LogP contribution is 2.32. The largest absolute Gasteiger partial charge is 0.493 e. The zero-order valence-electron chi connectivity index (χ0n) is 23.2. The van der Waals surface area contributed by atoms with Crippen molar-refractivity contribution in [2.45, 2.75) is 13.2 Å². The van der Waals surface area contributed by atoms with Crippen LogP contribution in [-0.2, 0) is 22.8 Å². The number of hydrogen-bond acceptors (Lipinski definition) is 6. The average Bonchev–Trinajstić information content (AvgIpc) is 3.01. The van der Waals surface area contributed by atoms with Crippen molar-refractivity contribution in [1.29, 1.82) is 0 Å². The highest BCUT2D eigenvalue weighted by Gasteiger charge is 2.21. The monoisotopic (exact) mass is 566 g/mol. The number of ether oxygens (including phenoxy) is 4. The minimum Gasteiger partial charge on any atom is -0.493 e. The van der Waals surface area contributed by atoms with Gasteiger partial charge in [-0.1, -0.05) is 72.8 Å². The highest BCUT2D eigenvalue weighted by molar-refractivity contribution is 6.11. The van der Waals surface area contributed by atoms with Gasteiger partial charge in [-0.3, -0.25) is 0 Å². The highest BCUT2D eigenvalue weighted by atomic mass is 16.5. The van der Waals surface area contributed by atoms with Gasteiger partial charge in [-0.15, -0.1) is 0 Å². The third-order valence-electron chi connectivity index (χ3n) is 6.22. The Kier molecular flexibility index (Phi) is 9.99. The molecule has 0 saturated heterocycles. The number of benzene rings is 4. The number of aliphatic carboxylic acids is 2. The Labute approximate surface area is 243 Å². The van der Waals surface area contributed by atoms with E-state index < -0.39 is 23.1 Å². The van der Waals surface area contributed by atoms with Gasteiger partial charge < -0.3 is 29.2 Å². The Morgan fingerprint density at radius 1 is 0.571 bits per heavy atom. The summed E-state index contributed by atoms with van der Waals surface area (Å²) in [6.07, 6.45) is 2.56. The van der Waals surface area contributed by atoms with E-state index in [0.717, 1.165) is 11.1 Å². The van der Waals surface area contributed by atoms with E-state index in [4.69, 9.17) is 18.9 Å². The summed E-state index contributed by atoms with van der Waals surface area (Å²) in [5, 5.41) is 19.9. The molecule has 4 aromatic rings.